The molecule has 0 radical (unpaired) electrons. The molecule has 1 saturated heterocycles. The van der Waals surface area contributed by atoms with Crippen molar-refractivity contribution in [1.82, 2.24) is 4.90 Å². The molecule has 1 aliphatic heterocycles. The highest BCUT2D eigenvalue weighted by Gasteiger charge is 2.21. The van der Waals surface area contributed by atoms with Crippen LogP contribution in [0.5, 0.6) is 0 Å². The summed E-state index contributed by atoms with van der Waals surface area (Å²) in [7, 11) is 2.08. The number of rotatable bonds is 3. The van der Waals surface area contributed by atoms with Crippen LogP contribution in [0, 0.1) is 0 Å². The number of nitrogens with zero attached hydrogens (tertiary/aromatic N) is 1. The Bertz CT molecular complexity index is 445. The third-order valence-corrected chi connectivity index (χ3v) is 3.93. The van der Waals surface area contributed by atoms with Crippen LogP contribution in [-0.4, -0.2) is 30.4 Å². The van der Waals surface area contributed by atoms with Crippen LogP contribution in [0.1, 0.15) is 25.7 Å². The predicted molar refractivity (Wildman–Crippen MR) is 80.0 cm³/mol. The number of carbonyl (C=O) groups excluding carboxylic acids is 1. The minimum Gasteiger partial charge on any atom is -0.326 e. The van der Waals surface area contributed by atoms with Gasteiger partial charge in [0, 0.05) is 28.2 Å². The molecule has 1 aromatic rings. The Morgan fingerprint density at radius 3 is 2.63 bits per heavy atom. The first-order valence-corrected chi connectivity index (χ1v) is 7.26. The third-order valence-electron chi connectivity index (χ3n) is 3.49. The van der Waals surface area contributed by atoms with Crippen LogP contribution in [0.2, 0.25) is 10.0 Å². The summed E-state index contributed by atoms with van der Waals surface area (Å²) in [4.78, 5) is 14.3. The molecule has 2 rings (SSSR count). The summed E-state index contributed by atoms with van der Waals surface area (Å²) in [5, 5.41) is 3.91. The van der Waals surface area contributed by atoms with Gasteiger partial charge in [-0.2, -0.15) is 0 Å². The number of piperidine rings is 1. The molecule has 1 aromatic carbocycles. The number of halogens is 2. The van der Waals surface area contributed by atoms with Gasteiger partial charge in [0.2, 0.25) is 5.91 Å². The van der Waals surface area contributed by atoms with E-state index >= 15 is 0 Å². The molecule has 1 amide bonds. The highest BCUT2D eigenvalue weighted by atomic mass is 35.5. The van der Waals surface area contributed by atoms with Gasteiger partial charge in [-0.1, -0.05) is 29.6 Å². The van der Waals surface area contributed by atoms with Crippen molar-refractivity contribution in [2.24, 2.45) is 0 Å². The number of likely N-dealkylation sites (tertiary alicyclic amines) is 1. The minimum atomic E-state index is 0.0112. The molecular formula is C14H18Cl2N2O. The van der Waals surface area contributed by atoms with Crippen LogP contribution in [0.25, 0.3) is 0 Å². The second kappa shape index (κ2) is 6.60. The van der Waals surface area contributed by atoms with Crippen molar-refractivity contribution in [2.45, 2.75) is 31.7 Å². The Hall–Kier alpha value is -0.770. The fourth-order valence-corrected chi connectivity index (χ4v) is 2.98. The number of carbonyl (C=O) groups is 1. The van der Waals surface area contributed by atoms with E-state index < -0.39 is 0 Å². The lowest BCUT2D eigenvalue weighted by Gasteiger charge is -2.31. The van der Waals surface area contributed by atoms with Gasteiger partial charge < -0.3 is 10.2 Å². The monoisotopic (exact) mass is 300 g/mol. The SMILES string of the molecule is CN1CCCCC1CC(=O)Nc1cc(Cl)cc(Cl)c1. The Labute approximate surface area is 123 Å². The highest BCUT2D eigenvalue weighted by molar-refractivity contribution is 6.35. The fourth-order valence-electron chi connectivity index (χ4n) is 2.45. The molecule has 0 bridgehead atoms. The Morgan fingerprint density at radius 1 is 1.32 bits per heavy atom. The van der Waals surface area contributed by atoms with E-state index in [-0.39, 0.29) is 5.91 Å². The average Bonchev–Trinajstić information content (AvgIpc) is 2.30. The zero-order chi connectivity index (χ0) is 13.8. The van der Waals surface area contributed by atoms with Crippen molar-refractivity contribution in [3.63, 3.8) is 0 Å². The molecule has 0 spiro atoms. The first-order chi connectivity index (χ1) is 9.04. The summed E-state index contributed by atoms with van der Waals surface area (Å²) < 4.78 is 0. The summed E-state index contributed by atoms with van der Waals surface area (Å²) in [6.45, 7) is 1.07. The molecule has 1 N–H and O–H groups in total. The first kappa shape index (κ1) is 14.6. The van der Waals surface area contributed by atoms with E-state index in [4.69, 9.17) is 23.2 Å². The third kappa shape index (κ3) is 4.37. The number of benzene rings is 1. The standard InChI is InChI=1S/C14H18Cl2N2O/c1-18-5-3-2-4-13(18)9-14(19)17-12-7-10(15)6-11(16)8-12/h6-8,13H,2-5,9H2,1H3,(H,17,19). The molecule has 1 atom stereocenters. The summed E-state index contributed by atoms with van der Waals surface area (Å²) in [5.74, 6) is 0.0112. The summed E-state index contributed by atoms with van der Waals surface area (Å²) in [5.41, 5.74) is 0.654. The number of hydrogen-bond donors (Lipinski definition) is 1. The van der Waals surface area contributed by atoms with E-state index in [1.54, 1.807) is 18.2 Å². The molecule has 1 fully saturated rings. The van der Waals surface area contributed by atoms with Gasteiger partial charge in [0.05, 0.1) is 0 Å². The van der Waals surface area contributed by atoms with Gasteiger partial charge in [0.1, 0.15) is 0 Å². The van der Waals surface area contributed by atoms with Crippen molar-refractivity contribution >= 4 is 34.8 Å². The molecular weight excluding hydrogens is 283 g/mol. The van der Waals surface area contributed by atoms with E-state index in [9.17, 15) is 4.79 Å². The minimum absolute atomic E-state index is 0.0112. The lowest BCUT2D eigenvalue weighted by Crippen LogP contribution is -2.38. The molecule has 0 aliphatic carbocycles. The van der Waals surface area contributed by atoms with Crippen molar-refractivity contribution in [3.05, 3.63) is 28.2 Å². The topological polar surface area (TPSA) is 32.3 Å². The molecule has 1 heterocycles. The second-order valence-corrected chi connectivity index (χ2v) is 5.91. The summed E-state index contributed by atoms with van der Waals surface area (Å²) >= 11 is 11.8. The van der Waals surface area contributed by atoms with Gasteiger partial charge in [-0.3, -0.25) is 4.79 Å². The van der Waals surface area contributed by atoms with Gasteiger partial charge in [-0.05, 0) is 44.6 Å². The van der Waals surface area contributed by atoms with Crippen LogP contribution in [0.15, 0.2) is 18.2 Å². The lowest BCUT2D eigenvalue weighted by molar-refractivity contribution is -0.117. The van der Waals surface area contributed by atoms with Gasteiger partial charge in [0.15, 0.2) is 0 Å². The van der Waals surface area contributed by atoms with Gasteiger partial charge >= 0.3 is 0 Å². The fraction of sp³-hybridized carbons (Fsp3) is 0.500. The number of hydrogen-bond acceptors (Lipinski definition) is 2. The maximum absolute atomic E-state index is 12.0. The first-order valence-electron chi connectivity index (χ1n) is 6.51. The van der Waals surface area contributed by atoms with Crippen molar-refractivity contribution in [2.75, 3.05) is 18.9 Å². The Kier molecular flexibility index (Phi) is 5.08. The Morgan fingerprint density at radius 2 is 2.00 bits per heavy atom. The second-order valence-electron chi connectivity index (χ2n) is 5.04. The van der Waals surface area contributed by atoms with Crippen molar-refractivity contribution in [1.29, 1.82) is 0 Å². The molecule has 3 nitrogen and oxygen atoms in total. The number of nitrogens with one attached hydrogen (secondary N) is 1. The van der Waals surface area contributed by atoms with Crippen LogP contribution < -0.4 is 5.32 Å². The smallest absolute Gasteiger partial charge is 0.225 e. The van der Waals surface area contributed by atoms with E-state index in [0.717, 1.165) is 13.0 Å². The zero-order valence-corrected chi connectivity index (χ0v) is 12.5. The quantitative estimate of drug-likeness (QED) is 0.921. The molecule has 1 unspecified atom stereocenters. The molecule has 104 valence electrons. The maximum Gasteiger partial charge on any atom is 0.225 e. The largest absolute Gasteiger partial charge is 0.326 e. The molecule has 0 aromatic heterocycles. The summed E-state index contributed by atoms with van der Waals surface area (Å²) in [6, 6.07) is 5.39. The van der Waals surface area contributed by atoms with Crippen LogP contribution in [0.4, 0.5) is 5.69 Å². The van der Waals surface area contributed by atoms with Crippen LogP contribution in [-0.2, 0) is 4.79 Å². The van der Waals surface area contributed by atoms with Crippen LogP contribution >= 0.6 is 23.2 Å². The summed E-state index contributed by atoms with van der Waals surface area (Å²) in [6.07, 6.45) is 4.02. The van der Waals surface area contributed by atoms with E-state index in [2.05, 4.69) is 17.3 Å². The molecule has 1 aliphatic rings. The molecule has 0 saturated carbocycles. The predicted octanol–water partition coefficient (Wildman–Crippen LogP) is 3.81. The number of amides is 1. The van der Waals surface area contributed by atoms with Crippen molar-refractivity contribution in [3.8, 4) is 0 Å². The average molecular weight is 301 g/mol. The van der Waals surface area contributed by atoms with E-state index in [1.165, 1.54) is 12.8 Å². The highest BCUT2D eigenvalue weighted by Crippen LogP contribution is 2.23. The molecule has 5 heteroatoms. The lowest BCUT2D eigenvalue weighted by atomic mass is 10.00. The van der Waals surface area contributed by atoms with Crippen LogP contribution in [0.3, 0.4) is 0 Å². The maximum atomic E-state index is 12.0. The van der Waals surface area contributed by atoms with Gasteiger partial charge in [-0.15, -0.1) is 0 Å². The molecule has 19 heavy (non-hydrogen) atoms. The van der Waals surface area contributed by atoms with E-state index in [0.29, 0.717) is 28.2 Å². The Balaban J connectivity index is 1.93. The van der Waals surface area contributed by atoms with Gasteiger partial charge in [-0.25, -0.2) is 0 Å². The normalized spacial score (nSPS) is 20.3. The van der Waals surface area contributed by atoms with E-state index in [1.807, 2.05) is 0 Å². The van der Waals surface area contributed by atoms with Crippen molar-refractivity contribution < 1.29 is 4.79 Å². The van der Waals surface area contributed by atoms with Gasteiger partial charge in [0.25, 0.3) is 0 Å². The number of anilines is 1. The zero-order valence-electron chi connectivity index (χ0n) is 11.0.